The molecule has 4 heteroatoms. The molecule has 0 bridgehead atoms. The van der Waals surface area contributed by atoms with Gasteiger partial charge in [0, 0.05) is 18.1 Å². The lowest BCUT2D eigenvalue weighted by Gasteiger charge is -2.15. The van der Waals surface area contributed by atoms with Gasteiger partial charge < -0.3 is 5.32 Å². The molecule has 1 fully saturated rings. The number of anilines is 1. The van der Waals surface area contributed by atoms with Crippen LogP contribution in [0.2, 0.25) is 0 Å². The number of hydrogen-bond acceptors (Lipinski definition) is 2. The molecule has 1 N–H and O–H groups in total. The molecule has 1 aromatic heterocycles. The third-order valence-corrected chi connectivity index (χ3v) is 3.47. The van der Waals surface area contributed by atoms with Gasteiger partial charge in [0.05, 0.1) is 11.9 Å². The molecule has 0 aromatic carbocycles. The average Bonchev–Trinajstić information content (AvgIpc) is 2.63. The summed E-state index contributed by atoms with van der Waals surface area (Å²) in [6.45, 7) is 0.745. The molecule has 0 aliphatic heterocycles. The molecule has 0 spiro atoms. The highest BCUT2D eigenvalue weighted by Crippen LogP contribution is 2.30. The van der Waals surface area contributed by atoms with Gasteiger partial charge in [0.15, 0.2) is 5.82 Å². The van der Waals surface area contributed by atoms with Crippen LogP contribution < -0.4 is 5.32 Å². The van der Waals surface area contributed by atoms with E-state index in [1.165, 1.54) is 12.6 Å². The van der Waals surface area contributed by atoms with Gasteiger partial charge in [-0.05, 0) is 24.8 Å². The van der Waals surface area contributed by atoms with Gasteiger partial charge in [-0.3, -0.25) is 4.98 Å². The molecular weight excluding hydrogens is 215 g/mol. The van der Waals surface area contributed by atoms with Crippen LogP contribution in [-0.2, 0) is 0 Å². The van der Waals surface area contributed by atoms with Crippen LogP contribution in [-0.4, -0.2) is 16.9 Å². The van der Waals surface area contributed by atoms with Gasteiger partial charge in [0.25, 0.3) is 0 Å². The number of hydrogen-bond donors (Lipinski definition) is 1. The van der Waals surface area contributed by atoms with E-state index < -0.39 is 0 Å². The minimum absolute atomic E-state index is 0.238. The van der Waals surface area contributed by atoms with Crippen molar-refractivity contribution in [3.63, 3.8) is 0 Å². The Hall–Kier alpha value is -0.830. The van der Waals surface area contributed by atoms with Crippen molar-refractivity contribution in [1.29, 1.82) is 0 Å². The number of nitrogens with one attached hydrogen (secondary N) is 1. The maximum atomic E-state index is 13.2. The Labute approximate surface area is 93.9 Å². The molecule has 1 aromatic rings. The Morgan fingerprint density at radius 3 is 3.07 bits per heavy atom. The Bertz CT molecular complexity index is 332. The van der Waals surface area contributed by atoms with Crippen molar-refractivity contribution in [2.24, 2.45) is 5.92 Å². The fourth-order valence-corrected chi connectivity index (χ4v) is 2.35. The molecule has 0 saturated heterocycles. The number of rotatable bonds is 3. The first kappa shape index (κ1) is 10.7. The zero-order chi connectivity index (χ0) is 10.7. The minimum Gasteiger partial charge on any atom is -0.382 e. The molecule has 2 atom stereocenters. The molecule has 2 unspecified atom stereocenters. The third kappa shape index (κ3) is 2.59. The largest absolute Gasteiger partial charge is 0.382 e. The summed E-state index contributed by atoms with van der Waals surface area (Å²) in [7, 11) is 0. The van der Waals surface area contributed by atoms with Crippen molar-refractivity contribution in [2.75, 3.05) is 11.9 Å². The van der Waals surface area contributed by atoms with Crippen LogP contribution in [0.1, 0.15) is 19.3 Å². The van der Waals surface area contributed by atoms with Crippen LogP contribution in [0.5, 0.6) is 0 Å². The smallest absolute Gasteiger partial charge is 0.164 e. The third-order valence-electron chi connectivity index (χ3n) is 2.89. The van der Waals surface area contributed by atoms with Gasteiger partial charge in [-0.2, -0.15) is 0 Å². The number of nitrogens with zero attached hydrogens (tertiary/aromatic N) is 1. The van der Waals surface area contributed by atoms with E-state index in [4.69, 9.17) is 11.6 Å². The van der Waals surface area contributed by atoms with Gasteiger partial charge in [-0.15, -0.1) is 11.6 Å². The summed E-state index contributed by atoms with van der Waals surface area (Å²) in [5.41, 5.74) is 0.515. The van der Waals surface area contributed by atoms with E-state index in [-0.39, 0.29) is 11.2 Å². The van der Waals surface area contributed by atoms with Crippen LogP contribution in [0, 0.1) is 11.7 Å². The fraction of sp³-hybridized carbons (Fsp3) is 0.545. The van der Waals surface area contributed by atoms with E-state index in [1.807, 2.05) is 0 Å². The van der Waals surface area contributed by atoms with Gasteiger partial charge in [0.1, 0.15) is 0 Å². The van der Waals surface area contributed by atoms with E-state index >= 15 is 0 Å². The Balaban J connectivity index is 1.90. The van der Waals surface area contributed by atoms with Crippen molar-refractivity contribution in [1.82, 2.24) is 4.98 Å². The van der Waals surface area contributed by atoms with Crippen LogP contribution in [0.4, 0.5) is 10.1 Å². The average molecular weight is 229 g/mol. The van der Waals surface area contributed by atoms with Crippen LogP contribution in [0.3, 0.4) is 0 Å². The second-order valence-corrected chi connectivity index (χ2v) is 4.50. The van der Waals surface area contributed by atoms with Crippen molar-refractivity contribution in [3.8, 4) is 0 Å². The van der Waals surface area contributed by atoms with E-state index in [9.17, 15) is 4.39 Å². The maximum absolute atomic E-state index is 13.2. The molecule has 2 rings (SSSR count). The Morgan fingerprint density at radius 2 is 2.40 bits per heavy atom. The molecule has 0 radical (unpaired) electrons. The normalized spacial score (nSPS) is 25.5. The van der Waals surface area contributed by atoms with Crippen molar-refractivity contribution in [3.05, 3.63) is 24.3 Å². The van der Waals surface area contributed by atoms with Gasteiger partial charge >= 0.3 is 0 Å². The first-order valence-electron chi connectivity index (χ1n) is 5.25. The predicted molar refractivity (Wildman–Crippen MR) is 59.7 cm³/mol. The summed E-state index contributed by atoms with van der Waals surface area (Å²) in [6.07, 6.45) is 6.19. The molecular formula is C11H14ClFN2. The summed E-state index contributed by atoms with van der Waals surface area (Å²) in [5.74, 6) is 0.154. The van der Waals surface area contributed by atoms with Gasteiger partial charge in [-0.1, -0.05) is 6.42 Å². The topological polar surface area (TPSA) is 24.9 Å². The molecule has 15 heavy (non-hydrogen) atoms. The SMILES string of the molecule is Fc1cnccc1NCC1CCCC1Cl. The molecule has 1 heterocycles. The highest BCUT2D eigenvalue weighted by molar-refractivity contribution is 6.20. The lowest BCUT2D eigenvalue weighted by molar-refractivity contribution is 0.578. The zero-order valence-electron chi connectivity index (χ0n) is 8.42. The second-order valence-electron chi connectivity index (χ2n) is 3.94. The van der Waals surface area contributed by atoms with Crippen molar-refractivity contribution >= 4 is 17.3 Å². The van der Waals surface area contributed by atoms with Gasteiger partial charge in [0.2, 0.25) is 0 Å². The lowest BCUT2D eigenvalue weighted by Crippen LogP contribution is -2.18. The molecule has 1 aliphatic carbocycles. The first-order valence-corrected chi connectivity index (χ1v) is 5.68. The Kier molecular flexibility index (Phi) is 3.41. The summed E-state index contributed by atoms with van der Waals surface area (Å²) in [5, 5.41) is 3.32. The highest BCUT2D eigenvalue weighted by atomic mass is 35.5. The summed E-state index contributed by atoms with van der Waals surface area (Å²) in [6, 6.07) is 1.65. The molecule has 2 nitrogen and oxygen atoms in total. The fourth-order valence-electron chi connectivity index (χ4n) is 1.98. The zero-order valence-corrected chi connectivity index (χ0v) is 9.17. The van der Waals surface area contributed by atoms with Crippen LogP contribution in [0.15, 0.2) is 18.5 Å². The van der Waals surface area contributed by atoms with Gasteiger partial charge in [-0.25, -0.2) is 4.39 Å². The van der Waals surface area contributed by atoms with Crippen LogP contribution in [0.25, 0.3) is 0 Å². The number of aromatic nitrogens is 1. The number of pyridine rings is 1. The summed E-state index contributed by atoms with van der Waals surface area (Å²) >= 11 is 6.14. The number of alkyl halides is 1. The maximum Gasteiger partial charge on any atom is 0.164 e. The predicted octanol–water partition coefficient (Wildman–Crippen LogP) is 3.04. The summed E-state index contributed by atoms with van der Waals surface area (Å²) in [4.78, 5) is 3.70. The highest BCUT2D eigenvalue weighted by Gasteiger charge is 2.24. The molecule has 1 aliphatic rings. The Morgan fingerprint density at radius 1 is 1.53 bits per heavy atom. The molecule has 82 valence electrons. The second kappa shape index (κ2) is 4.79. The van der Waals surface area contributed by atoms with E-state index in [2.05, 4.69) is 10.3 Å². The van der Waals surface area contributed by atoms with Crippen LogP contribution >= 0.6 is 11.6 Å². The van der Waals surface area contributed by atoms with E-state index in [0.29, 0.717) is 11.6 Å². The summed E-state index contributed by atoms with van der Waals surface area (Å²) < 4.78 is 13.2. The monoisotopic (exact) mass is 228 g/mol. The van der Waals surface area contributed by atoms with Crippen molar-refractivity contribution < 1.29 is 4.39 Å². The standard InChI is InChI=1S/C11H14ClFN2/c12-9-3-1-2-8(9)6-15-11-4-5-14-7-10(11)13/h4-5,7-9H,1-3,6H2,(H,14,15). The first-order chi connectivity index (χ1) is 7.27. The molecule has 1 saturated carbocycles. The lowest BCUT2D eigenvalue weighted by atomic mass is 10.1. The van der Waals surface area contributed by atoms with Crippen molar-refractivity contribution in [2.45, 2.75) is 24.6 Å². The quantitative estimate of drug-likeness (QED) is 0.805. The van der Waals surface area contributed by atoms with E-state index in [1.54, 1.807) is 12.3 Å². The minimum atomic E-state index is -0.304. The molecule has 0 amide bonds. The number of halogens is 2. The van der Waals surface area contributed by atoms with E-state index in [0.717, 1.165) is 19.4 Å².